The molecular formula is C22H27Hf. The van der Waals surface area contributed by atoms with Gasteiger partial charge in [-0.05, 0) is 0 Å². The molecule has 0 N–H and O–H groups in total. The van der Waals surface area contributed by atoms with Crippen molar-refractivity contribution in [1.29, 1.82) is 0 Å². The normalized spacial score (nSPS) is 20.4. The van der Waals surface area contributed by atoms with Crippen LogP contribution in [0, 0.1) is 13.8 Å². The van der Waals surface area contributed by atoms with Gasteiger partial charge in [0, 0.05) is 0 Å². The molecule has 1 aliphatic carbocycles. The average molecular weight is 470 g/mol. The van der Waals surface area contributed by atoms with Gasteiger partial charge in [0.05, 0.1) is 0 Å². The Morgan fingerprint density at radius 3 is 2.30 bits per heavy atom. The van der Waals surface area contributed by atoms with Gasteiger partial charge in [-0.3, -0.25) is 0 Å². The molecule has 2 unspecified atom stereocenters. The van der Waals surface area contributed by atoms with Gasteiger partial charge in [0.25, 0.3) is 0 Å². The molecule has 0 bridgehead atoms. The predicted octanol–water partition coefficient (Wildman–Crippen LogP) is 6.43. The Bertz CT molecular complexity index is 727. The zero-order chi connectivity index (χ0) is 16.6. The Hall–Kier alpha value is -0.950. The molecule has 3 rings (SSSR count). The molecule has 0 aliphatic heterocycles. The van der Waals surface area contributed by atoms with Crippen LogP contribution in [0.15, 0.2) is 48.5 Å². The molecule has 23 heavy (non-hydrogen) atoms. The van der Waals surface area contributed by atoms with E-state index in [1.54, 1.807) is 5.56 Å². The first-order chi connectivity index (χ1) is 10.9. The molecule has 2 aromatic carbocycles. The van der Waals surface area contributed by atoms with Crippen LogP contribution in [0.2, 0.25) is 9.36 Å². The summed E-state index contributed by atoms with van der Waals surface area (Å²) in [5.74, 6) is 0.605. The van der Waals surface area contributed by atoms with Crippen molar-refractivity contribution < 1.29 is 21.4 Å². The van der Waals surface area contributed by atoms with Crippen LogP contribution in [0.1, 0.15) is 47.1 Å². The van der Waals surface area contributed by atoms with Crippen LogP contribution in [0.5, 0.6) is 0 Å². The van der Waals surface area contributed by atoms with Crippen molar-refractivity contribution in [2.24, 2.45) is 0 Å². The van der Waals surface area contributed by atoms with Gasteiger partial charge in [0.1, 0.15) is 0 Å². The van der Waals surface area contributed by atoms with Crippen molar-refractivity contribution in [3.8, 4) is 0 Å². The van der Waals surface area contributed by atoms with E-state index in [1.165, 1.54) is 28.7 Å². The molecule has 0 saturated carbocycles. The van der Waals surface area contributed by atoms with Crippen molar-refractivity contribution in [3.63, 3.8) is 0 Å². The number of hydrogen-bond acceptors (Lipinski definition) is 0. The first-order valence-electron chi connectivity index (χ1n) is 8.60. The summed E-state index contributed by atoms with van der Waals surface area (Å²) in [6, 6.07) is 15.9. The van der Waals surface area contributed by atoms with Gasteiger partial charge in [-0.25, -0.2) is 0 Å². The molecule has 1 aliphatic rings. The number of hydrogen-bond donors (Lipinski definition) is 0. The van der Waals surface area contributed by atoms with E-state index in [-0.39, 0.29) is 0 Å². The molecule has 1 heteroatoms. The number of aryl methyl sites for hydroxylation is 2. The molecule has 0 amide bonds. The third-order valence-corrected chi connectivity index (χ3v) is 14.3. The molecule has 0 heterocycles. The summed E-state index contributed by atoms with van der Waals surface area (Å²) < 4.78 is 5.53. The zero-order valence-electron chi connectivity index (χ0n) is 15.0. The molecule has 119 valence electrons. The maximum atomic E-state index is 2.58. The number of fused-ring (bicyclic) bond motifs is 1. The standard InChI is InChI=1S/C20H21.2CH3.Hf/c1-14-11-18-9-10-19(20(18)13-15(14)2)12-16(3)17-7-5-4-6-8-17;;;/h4-11,13,16H,12H2,1-3H3;2*1H3;. The Morgan fingerprint density at radius 1 is 1.00 bits per heavy atom. The van der Waals surface area contributed by atoms with Crippen LogP contribution >= 0.6 is 0 Å². The summed E-state index contributed by atoms with van der Waals surface area (Å²) in [7, 11) is 0. The molecule has 0 nitrogen and oxygen atoms in total. The minimum absolute atomic E-state index is 0.369. The second-order valence-corrected chi connectivity index (χ2v) is 17.7. The predicted molar refractivity (Wildman–Crippen MR) is 97.8 cm³/mol. The first-order valence-corrected chi connectivity index (χ1v) is 17.6. The Kier molecular flexibility index (Phi) is 4.78. The van der Waals surface area contributed by atoms with E-state index >= 15 is 0 Å². The summed E-state index contributed by atoms with van der Waals surface area (Å²) in [4.78, 5) is 0. The minimum atomic E-state index is -1.69. The third kappa shape index (κ3) is 3.05. The van der Waals surface area contributed by atoms with Crippen LogP contribution < -0.4 is 0 Å². The van der Waals surface area contributed by atoms with E-state index in [9.17, 15) is 0 Å². The van der Waals surface area contributed by atoms with Gasteiger partial charge < -0.3 is 0 Å². The van der Waals surface area contributed by atoms with Crippen LogP contribution in [0.25, 0.3) is 6.08 Å². The molecule has 0 radical (unpaired) electrons. The monoisotopic (exact) mass is 471 g/mol. The molecule has 0 aromatic heterocycles. The molecule has 0 spiro atoms. The summed E-state index contributed by atoms with van der Waals surface area (Å²) in [5, 5.41) is 0. The summed E-state index contributed by atoms with van der Waals surface area (Å²) in [5.41, 5.74) is 7.43. The molecular weight excluding hydrogens is 443 g/mol. The van der Waals surface area contributed by atoms with Crippen LogP contribution in [-0.2, 0) is 24.6 Å². The fourth-order valence-corrected chi connectivity index (χ4v) is 10.7. The summed E-state index contributed by atoms with van der Waals surface area (Å²) in [6.45, 7) is 6.89. The van der Waals surface area contributed by atoms with Crippen molar-refractivity contribution in [1.82, 2.24) is 0 Å². The maximum absolute atomic E-state index is 2.58. The van der Waals surface area contributed by atoms with E-state index < -0.39 is 21.4 Å². The van der Waals surface area contributed by atoms with Crippen molar-refractivity contribution in [3.05, 3.63) is 76.4 Å². The second-order valence-electron chi connectivity index (χ2n) is 7.34. The van der Waals surface area contributed by atoms with E-state index in [2.05, 4.69) is 84.7 Å². The van der Waals surface area contributed by atoms with Crippen molar-refractivity contribution in [2.75, 3.05) is 0 Å². The Balaban J connectivity index is 2.01. The fourth-order valence-electron chi connectivity index (χ4n) is 3.89. The third-order valence-electron chi connectivity index (χ3n) is 5.58. The topological polar surface area (TPSA) is 0 Å². The van der Waals surface area contributed by atoms with E-state index in [0.29, 0.717) is 9.09 Å². The molecule has 2 aromatic rings. The van der Waals surface area contributed by atoms with E-state index in [0.717, 1.165) is 0 Å². The second kappa shape index (κ2) is 6.51. The number of benzene rings is 2. The van der Waals surface area contributed by atoms with Gasteiger partial charge in [-0.1, -0.05) is 0 Å². The van der Waals surface area contributed by atoms with Gasteiger partial charge in [0.2, 0.25) is 0 Å². The molecule has 2 atom stereocenters. The van der Waals surface area contributed by atoms with Gasteiger partial charge in [-0.2, -0.15) is 0 Å². The number of rotatable bonds is 4. The molecule has 0 saturated heterocycles. The first kappa shape index (κ1) is 16.9. The summed E-state index contributed by atoms with van der Waals surface area (Å²) in [6.07, 6.45) is 6.23. The SMILES string of the molecule is Cc1cc2c(cc1C)[C](CC(C)c1ccccc1)([Hf]([CH3])[CH3])C=C2. The van der Waals surface area contributed by atoms with Crippen LogP contribution in [0.3, 0.4) is 0 Å². The summed E-state index contributed by atoms with van der Waals surface area (Å²) >= 11 is -1.69. The van der Waals surface area contributed by atoms with E-state index in [4.69, 9.17) is 0 Å². The Labute approximate surface area is 149 Å². The quantitative estimate of drug-likeness (QED) is 0.452. The van der Waals surface area contributed by atoms with Crippen LogP contribution in [-0.4, -0.2) is 0 Å². The van der Waals surface area contributed by atoms with Crippen LogP contribution in [0.4, 0.5) is 0 Å². The van der Waals surface area contributed by atoms with E-state index in [1.807, 2.05) is 0 Å². The molecule has 0 fully saturated rings. The van der Waals surface area contributed by atoms with Crippen molar-refractivity contribution in [2.45, 2.75) is 45.6 Å². The van der Waals surface area contributed by atoms with Gasteiger partial charge >= 0.3 is 150 Å². The van der Waals surface area contributed by atoms with Gasteiger partial charge in [0.15, 0.2) is 0 Å². The Morgan fingerprint density at radius 2 is 1.65 bits per heavy atom. The average Bonchev–Trinajstić information content (AvgIpc) is 2.88. The van der Waals surface area contributed by atoms with Gasteiger partial charge in [-0.15, -0.1) is 0 Å². The van der Waals surface area contributed by atoms with Crippen molar-refractivity contribution >= 4 is 6.08 Å². The fraction of sp³-hybridized carbons (Fsp3) is 0.364. The zero-order valence-corrected chi connectivity index (χ0v) is 18.6. The number of allylic oxidation sites excluding steroid dienone is 1.